The second-order valence-electron chi connectivity index (χ2n) is 9.37. The number of thioether (sulfide) groups is 1. The Morgan fingerprint density at radius 1 is 1.15 bits per heavy atom. The first-order valence-corrected chi connectivity index (χ1v) is 13.1. The number of hydrogen-bond acceptors (Lipinski definition) is 5. The van der Waals surface area contributed by atoms with Crippen LogP contribution in [0.2, 0.25) is 0 Å². The van der Waals surface area contributed by atoms with Gasteiger partial charge >= 0.3 is 0 Å². The average Bonchev–Trinajstić information content (AvgIpc) is 3.46. The Morgan fingerprint density at radius 2 is 1.94 bits per heavy atom. The smallest absolute Gasteiger partial charge is 0.244 e. The van der Waals surface area contributed by atoms with Crippen molar-refractivity contribution in [3.8, 4) is 0 Å². The number of aliphatic hydroxyl groups excluding tert-OH is 1. The van der Waals surface area contributed by atoms with E-state index in [4.69, 9.17) is 0 Å². The van der Waals surface area contributed by atoms with Crippen LogP contribution in [0.3, 0.4) is 0 Å². The molecule has 3 aliphatic heterocycles. The Labute approximate surface area is 200 Å². The van der Waals surface area contributed by atoms with E-state index < -0.39 is 22.6 Å². The van der Waals surface area contributed by atoms with E-state index >= 15 is 0 Å². The molecule has 0 saturated carbocycles. The molecule has 4 rings (SSSR count). The lowest BCUT2D eigenvalue weighted by molar-refractivity contribution is -0.140. The highest BCUT2D eigenvalue weighted by molar-refractivity contribution is 8.02. The largest absolute Gasteiger partial charge is 0.396 e. The van der Waals surface area contributed by atoms with Crippen molar-refractivity contribution < 1.29 is 19.5 Å². The zero-order valence-corrected chi connectivity index (χ0v) is 20.1. The number of nitrogens with one attached hydrogen (secondary N) is 2. The number of fused-ring (bicyclic) bond motifs is 1. The predicted molar refractivity (Wildman–Crippen MR) is 128 cm³/mol. The summed E-state index contributed by atoms with van der Waals surface area (Å²) in [5, 5.41) is 15.4. The van der Waals surface area contributed by atoms with Crippen LogP contribution in [-0.2, 0) is 20.9 Å². The first kappa shape index (κ1) is 24.1. The van der Waals surface area contributed by atoms with E-state index in [1.807, 2.05) is 30.3 Å². The maximum Gasteiger partial charge on any atom is 0.244 e. The highest BCUT2D eigenvalue weighted by Crippen LogP contribution is 2.66. The van der Waals surface area contributed by atoms with Crippen LogP contribution >= 0.6 is 11.8 Å². The lowest BCUT2D eigenvalue weighted by Crippen LogP contribution is -2.54. The molecule has 3 saturated heterocycles. The van der Waals surface area contributed by atoms with Crippen molar-refractivity contribution in [3.63, 3.8) is 0 Å². The van der Waals surface area contributed by atoms with Crippen molar-refractivity contribution >= 4 is 29.5 Å². The van der Waals surface area contributed by atoms with Gasteiger partial charge in [0.05, 0.1) is 16.6 Å². The normalized spacial score (nSPS) is 29.9. The van der Waals surface area contributed by atoms with Gasteiger partial charge in [0.1, 0.15) is 6.04 Å². The van der Waals surface area contributed by atoms with Gasteiger partial charge in [0, 0.05) is 31.5 Å². The monoisotopic (exact) mass is 473 g/mol. The van der Waals surface area contributed by atoms with Crippen molar-refractivity contribution in [2.45, 2.75) is 68.0 Å². The minimum Gasteiger partial charge on any atom is -0.396 e. The number of unbranched alkanes of at least 4 members (excludes halogenated alkanes) is 2. The summed E-state index contributed by atoms with van der Waals surface area (Å²) in [5.41, 5.74) is 1.02. The van der Waals surface area contributed by atoms with Crippen LogP contribution in [0.1, 0.15) is 51.0 Å². The number of likely N-dealkylation sites (tertiary alicyclic amines) is 1. The van der Waals surface area contributed by atoms with Gasteiger partial charge in [0.15, 0.2) is 0 Å². The van der Waals surface area contributed by atoms with Crippen molar-refractivity contribution in [1.29, 1.82) is 0 Å². The fourth-order valence-electron chi connectivity index (χ4n) is 5.78. The Hall–Kier alpha value is -2.06. The van der Waals surface area contributed by atoms with E-state index in [1.54, 1.807) is 16.7 Å². The van der Waals surface area contributed by atoms with Crippen LogP contribution in [0.25, 0.3) is 0 Å². The molecule has 8 heteroatoms. The number of carbonyl (C=O) groups is 3. The summed E-state index contributed by atoms with van der Waals surface area (Å²) in [6.07, 6.45) is 4.74. The molecule has 1 aromatic carbocycles. The van der Waals surface area contributed by atoms with Crippen LogP contribution in [-0.4, -0.2) is 63.5 Å². The fraction of sp³-hybridized carbons (Fsp3) is 0.640. The second kappa shape index (κ2) is 10.5. The van der Waals surface area contributed by atoms with Crippen molar-refractivity contribution in [2.24, 2.45) is 11.8 Å². The number of hydrogen-bond donors (Lipinski definition) is 3. The van der Waals surface area contributed by atoms with Gasteiger partial charge in [-0.05, 0) is 37.7 Å². The molecule has 3 fully saturated rings. The zero-order valence-electron chi connectivity index (χ0n) is 19.3. The van der Waals surface area contributed by atoms with E-state index in [9.17, 15) is 19.5 Å². The third-order valence-electron chi connectivity index (χ3n) is 7.30. The van der Waals surface area contributed by atoms with Gasteiger partial charge in [-0.1, -0.05) is 43.7 Å². The standard InChI is InChI=1S/C25H35N3O4S/c1-2-3-13-26-23(31)21-25-12-11-18(33-25)19(20(25)24(32)28(21)14-7-8-15-29)22(30)27-16-17-9-5-4-6-10-17/h4-6,9-10,18-21,29H,2-3,7-8,11-16H2,1H3,(H,26,31)(H,27,30)/t18-,19+,20+,21?,25?/m1/s1. The average molecular weight is 474 g/mol. The van der Waals surface area contributed by atoms with E-state index in [0.29, 0.717) is 32.5 Å². The fourth-order valence-corrected chi connectivity index (χ4v) is 8.00. The molecule has 180 valence electrons. The molecule has 0 aliphatic carbocycles. The molecular weight excluding hydrogens is 438 g/mol. The summed E-state index contributed by atoms with van der Waals surface area (Å²) in [4.78, 5) is 42.1. The number of benzene rings is 1. The maximum atomic E-state index is 13.7. The number of carbonyl (C=O) groups excluding carboxylic acids is 3. The zero-order chi connectivity index (χ0) is 23.4. The van der Waals surface area contributed by atoms with Crippen molar-refractivity contribution in [3.05, 3.63) is 35.9 Å². The Morgan fingerprint density at radius 3 is 2.67 bits per heavy atom. The molecule has 33 heavy (non-hydrogen) atoms. The Kier molecular flexibility index (Phi) is 7.64. The SMILES string of the molecule is CCCCNC(=O)C1N(CCCCO)C(=O)[C@@H]2[C@@H](C(=O)NCc3ccccc3)[C@H]3CCC12S3. The van der Waals surface area contributed by atoms with Gasteiger partial charge < -0.3 is 20.6 Å². The van der Waals surface area contributed by atoms with Gasteiger partial charge in [-0.2, -0.15) is 0 Å². The topological polar surface area (TPSA) is 98.7 Å². The van der Waals surface area contributed by atoms with Crippen LogP contribution in [0, 0.1) is 11.8 Å². The van der Waals surface area contributed by atoms with Crippen molar-refractivity contribution in [1.82, 2.24) is 15.5 Å². The minimum absolute atomic E-state index is 0.0608. The molecular formula is C25H35N3O4S. The summed E-state index contributed by atoms with van der Waals surface area (Å²) in [7, 11) is 0. The number of nitrogens with zero attached hydrogens (tertiary/aromatic N) is 1. The minimum atomic E-state index is -0.549. The molecule has 3 amide bonds. The van der Waals surface area contributed by atoms with E-state index in [2.05, 4.69) is 17.6 Å². The third kappa shape index (κ3) is 4.52. The number of aliphatic hydroxyl groups is 1. The highest BCUT2D eigenvalue weighted by Gasteiger charge is 2.73. The van der Waals surface area contributed by atoms with E-state index in [1.165, 1.54) is 0 Å². The number of amides is 3. The summed E-state index contributed by atoms with van der Waals surface area (Å²) in [5.74, 6) is -1.12. The third-order valence-corrected chi connectivity index (χ3v) is 9.25. The Balaban J connectivity index is 1.55. The van der Waals surface area contributed by atoms with E-state index in [0.717, 1.165) is 31.2 Å². The van der Waals surface area contributed by atoms with Gasteiger partial charge in [0.25, 0.3) is 0 Å². The predicted octanol–water partition coefficient (Wildman–Crippen LogP) is 2.08. The van der Waals surface area contributed by atoms with E-state index in [-0.39, 0.29) is 29.6 Å². The van der Waals surface area contributed by atoms with Crippen LogP contribution in [0.5, 0.6) is 0 Å². The summed E-state index contributed by atoms with van der Waals surface area (Å²) in [6, 6.07) is 9.21. The molecule has 3 heterocycles. The molecule has 3 aliphatic rings. The summed E-state index contributed by atoms with van der Waals surface area (Å²) >= 11 is 1.70. The molecule has 7 nitrogen and oxygen atoms in total. The maximum absolute atomic E-state index is 13.7. The van der Waals surface area contributed by atoms with Gasteiger partial charge in [0.2, 0.25) is 17.7 Å². The molecule has 3 N–H and O–H groups in total. The summed E-state index contributed by atoms with van der Waals surface area (Å²) < 4.78 is -0.536. The molecule has 5 atom stereocenters. The van der Waals surface area contributed by atoms with Crippen LogP contribution in [0.15, 0.2) is 30.3 Å². The van der Waals surface area contributed by atoms with Crippen LogP contribution < -0.4 is 10.6 Å². The second-order valence-corrected chi connectivity index (χ2v) is 11.0. The van der Waals surface area contributed by atoms with Crippen LogP contribution in [0.4, 0.5) is 0 Å². The Bertz CT molecular complexity index is 866. The molecule has 0 radical (unpaired) electrons. The molecule has 1 spiro atoms. The lowest BCUT2D eigenvalue weighted by Gasteiger charge is -2.34. The highest BCUT2D eigenvalue weighted by atomic mass is 32.2. The van der Waals surface area contributed by atoms with Gasteiger partial charge in [-0.3, -0.25) is 14.4 Å². The number of rotatable bonds is 11. The molecule has 2 unspecified atom stereocenters. The first-order chi connectivity index (χ1) is 16.0. The van der Waals surface area contributed by atoms with Gasteiger partial charge in [-0.15, -0.1) is 11.8 Å². The summed E-state index contributed by atoms with van der Waals surface area (Å²) in [6.45, 7) is 3.61. The molecule has 2 bridgehead atoms. The first-order valence-electron chi connectivity index (χ1n) is 12.2. The molecule has 0 aromatic heterocycles. The van der Waals surface area contributed by atoms with Crippen molar-refractivity contribution in [2.75, 3.05) is 19.7 Å². The quantitative estimate of drug-likeness (QED) is 0.428. The lowest BCUT2D eigenvalue weighted by atomic mass is 9.70. The molecule has 1 aromatic rings. The van der Waals surface area contributed by atoms with Gasteiger partial charge in [-0.25, -0.2) is 0 Å².